The highest BCUT2D eigenvalue weighted by atomic mass is 16.2. The first-order valence-electron chi connectivity index (χ1n) is 6.82. The van der Waals surface area contributed by atoms with Crippen LogP contribution in [0.1, 0.15) is 48.1 Å². The minimum Gasteiger partial charge on any atom is -0.337 e. The van der Waals surface area contributed by atoms with Gasteiger partial charge in [-0.15, -0.1) is 0 Å². The second-order valence-electron chi connectivity index (χ2n) is 5.43. The Morgan fingerprint density at radius 2 is 2.26 bits per heavy atom. The fraction of sp³-hybridized carbons (Fsp3) is 0.643. The van der Waals surface area contributed by atoms with Gasteiger partial charge in [-0.2, -0.15) is 0 Å². The molecule has 1 aromatic heterocycles. The van der Waals surface area contributed by atoms with Crippen LogP contribution >= 0.6 is 0 Å². The highest BCUT2D eigenvalue weighted by Crippen LogP contribution is 2.19. The molecule has 2 rings (SSSR count). The van der Waals surface area contributed by atoms with E-state index < -0.39 is 0 Å². The zero-order valence-corrected chi connectivity index (χ0v) is 12.1. The highest BCUT2D eigenvalue weighted by molar-refractivity contribution is 5.95. The van der Waals surface area contributed by atoms with Gasteiger partial charge in [-0.1, -0.05) is 13.8 Å². The molecule has 1 aromatic rings. The van der Waals surface area contributed by atoms with Gasteiger partial charge in [-0.3, -0.25) is 4.79 Å². The Kier molecular flexibility index (Phi) is 4.14. The van der Waals surface area contributed by atoms with E-state index >= 15 is 0 Å². The summed E-state index contributed by atoms with van der Waals surface area (Å²) >= 11 is 0. The maximum Gasteiger partial charge on any atom is 0.257 e. The van der Waals surface area contributed by atoms with Gasteiger partial charge in [0.15, 0.2) is 0 Å². The molecule has 0 radical (unpaired) electrons. The molecule has 1 fully saturated rings. The van der Waals surface area contributed by atoms with Crippen molar-refractivity contribution < 1.29 is 4.79 Å². The van der Waals surface area contributed by atoms with Crippen molar-refractivity contribution in [2.24, 2.45) is 0 Å². The molecule has 0 aliphatic carbocycles. The molecule has 0 spiro atoms. The van der Waals surface area contributed by atoms with Gasteiger partial charge in [0.05, 0.1) is 11.3 Å². The number of carbonyl (C=O) groups excluding carboxylic acids is 1. The van der Waals surface area contributed by atoms with E-state index in [9.17, 15) is 4.79 Å². The number of rotatable bonds is 3. The molecule has 1 aliphatic rings. The summed E-state index contributed by atoms with van der Waals surface area (Å²) in [6.07, 6.45) is 2.67. The Morgan fingerprint density at radius 1 is 1.53 bits per heavy atom. The number of hydrogen-bond acceptors (Lipinski definition) is 4. The van der Waals surface area contributed by atoms with Crippen molar-refractivity contribution in [1.82, 2.24) is 20.2 Å². The topological polar surface area (TPSA) is 58.1 Å². The van der Waals surface area contributed by atoms with Crippen molar-refractivity contribution in [3.63, 3.8) is 0 Å². The fourth-order valence-corrected chi connectivity index (χ4v) is 2.42. The third-order valence-electron chi connectivity index (χ3n) is 3.62. The quantitative estimate of drug-likeness (QED) is 0.893. The number of hydrogen-bond donors (Lipinski definition) is 1. The summed E-state index contributed by atoms with van der Waals surface area (Å²) in [5, 5.41) is 3.28. The fourth-order valence-electron chi connectivity index (χ4n) is 2.42. The van der Waals surface area contributed by atoms with E-state index in [0.717, 1.165) is 25.2 Å². The van der Waals surface area contributed by atoms with Crippen LogP contribution < -0.4 is 5.32 Å². The summed E-state index contributed by atoms with van der Waals surface area (Å²) in [6, 6.07) is 0.272. The Hall–Kier alpha value is -1.49. The van der Waals surface area contributed by atoms with E-state index in [0.29, 0.717) is 11.4 Å². The lowest BCUT2D eigenvalue weighted by atomic mass is 10.0. The monoisotopic (exact) mass is 262 g/mol. The van der Waals surface area contributed by atoms with Gasteiger partial charge in [-0.05, 0) is 25.8 Å². The van der Waals surface area contributed by atoms with Crippen LogP contribution in [0.25, 0.3) is 0 Å². The van der Waals surface area contributed by atoms with Crippen LogP contribution in [0.4, 0.5) is 0 Å². The van der Waals surface area contributed by atoms with Crippen LogP contribution in [-0.4, -0.2) is 47.0 Å². The Morgan fingerprint density at radius 3 is 2.84 bits per heavy atom. The number of aromatic nitrogens is 2. The molecule has 1 atom stereocenters. The van der Waals surface area contributed by atoms with Crippen LogP contribution in [0.2, 0.25) is 0 Å². The largest absolute Gasteiger partial charge is 0.337 e. The third kappa shape index (κ3) is 2.92. The van der Waals surface area contributed by atoms with E-state index in [2.05, 4.69) is 29.1 Å². The van der Waals surface area contributed by atoms with Crippen LogP contribution in [-0.2, 0) is 0 Å². The van der Waals surface area contributed by atoms with Crippen molar-refractivity contribution in [3.8, 4) is 0 Å². The summed E-state index contributed by atoms with van der Waals surface area (Å²) in [5.74, 6) is 0.957. The van der Waals surface area contributed by atoms with E-state index in [-0.39, 0.29) is 17.9 Å². The second kappa shape index (κ2) is 5.65. The molecule has 0 bridgehead atoms. The minimum atomic E-state index is 0.0254. The van der Waals surface area contributed by atoms with Crippen molar-refractivity contribution in [2.45, 2.75) is 39.2 Å². The van der Waals surface area contributed by atoms with Crippen molar-refractivity contribution in [3.05, 3.63) is 23.3 Å². The van der Waals surface area contributed by atoms with E-state index in [1.54, 1.807) is 6.20 Å². The highest BCUT2D eigenvalue weighted by Gasteiger charge is 2.26. The summed E-state index contributed by atoms with van der Waals surface area (Å²) in [7, 11) is 1.87. The van der Waals surface area contributed by atoms with Crippen LogP contribution in [0, 0.1) is 6.92 Å². The predicted octanol–water partition coefficient (Wildman–Crippen LogP) is 1.34. The maximum atomic E-state index is 12.6. The molecule has 0 aromatic carbocycles. The average molecular weight is 262 g/mol. The lowest BCUT2D eigenvalue weighted by Gasteiger charge is -2.25. The number of amides is 1. The van der Waals surface area contributed by atoms with Crippen LogP contribution in [0.3, 0.4) is 0 Å². The Balaban J connectivity index is 2.27. The molecule has 1 amide bonds. The normalized spacial score (nSPS) is 18.9. The molecule has 2 heterocycles. The van der Waals surface area contributed by atoms with Crippen molar-refractivity contribution in [1.29, 1.82) is 0 Å². The van der Waals surface area contributed by atoms with Gasteiger partial charge < -0.3 is 10.2 Å². The summed E-state index contributed by atoms with van der Waals surface area (Å²) in [5.41, 5.74) is 1.48. The van der Waals surface area contributed by atoms with E-state index in [1.165, 1.54) is 0 Å². The molecule has 5 heteroatoms. The molecule has 5 nitrogen and oxygen atoms in total. The molecular formula is C14H22N4O. The molecule has 1 aliphatic heterocycles. The number of nitrogens with zero attached hydrogens (tertiary/aromatic N) is 3. The number of nitrogens with one attached hydrogen (secondary N) is 1. The first kappa shape index (κ1) is 13.9. The summed E-state index contributed by atoms with van der Waals surface area (Å²) < 4.78 is 0. The second-order valence-corrected chi connectivity index (χ2v) is 5.43. The number of carbonyl (C=O) groups is 1. The van der Waals surface area contributed by atoms with Gasteiger partial charge in [0.1, 0.15) is 5.82 Å². The van der Waals surface area contributed by atoms with Gasteiger partial charge in [0.2, 0.25) is 0 Å². The summed E-state index contributed by atoms with van der Waals surface area (Å²) in [4.78, 5) is 23.0. The van der Waals surface area contributed by atoms with E-state index in [4.69, 9.17) is 0 Å². The lowest BCUT2D eigenvalue weighted by molar-refractivity contribution is 0.0741. The molecule has 0 saturated carbocycles. The first-order chi connectivity index (χ1) is 9.00. The SMILES string of the molecule is Cc1ncc(C(=O)N(C)[C@@H]2CCNC2)c(C(C)C)n1. The summed E-state index contributed by atoms with van der Waals surface area (Å²) in [6.45, 7) is 7.80. The molecule has 1 N–H and O–H groups in total. The number of likely N-dealkylation sites (N-methyl/N-ethyl adjacent to an activating group) is 1. The zero-order valence-electron chi connectivity index (χ0n) is 12.1. The third-order valence-corrected chi connectivity index (χ3v) is 3.62. The van der Waals surface area contributed by atoms with Crippen LogP contribution in [0.5, 0.6) is 0 Å². The smallest absolute Gasteiger partial charge is 0.257 e. The van der Waals surface area contributed by atoms with Crippen molar-refractivity contribution in [2.75, 3.05) is 20.1 Å². The maximum absolute atomic E-state index is 12.6. The van der Waals surface area contributed by atoms with Gasteiger partial charge in [0.25, 0.3) is 5.91 Å². The molecule has 1 saturated heterocycles. The first-order valence-corrected chi connectivity index (χ1v) is 6.82. The Labute approximate surface area is 114 Å². The standard InChI is InChI=1S/C14H22N4O/c1-9(2)13-12(8-16-10(3)17-13)14(19)18(4)11-5-6-15-7-11/h8-9,11,15H,5-7H2,1-4H3/t11-/m1/s1. The molecule has 19 heavy (non-hydrogen) atoms. The molecule has 104 valence electrons. The lowest BCUT2D eigenvalue weighted by Crippen LogP contribution is -2.39. The number of aryl methyl sites for hydroxylation is 1. The zero-order chi connectivity index (χ0) is 14.0. The van der Waals surface area contributed by atoms with Crippen molar-refractivity contribution >= 4 is 5.91 Å². The molecule has 0 unspecified atom stereocenters. The molecular weight excluding hydrogens is 240 g/mol. The Bertz CT molecular complexity index is 467. The van der Waals surface area contributed by atoms with E-state index in [1.807, 2.05) is 18.9 Å². The predicted molar refractivity (Wildman–Crippen MR) is 74.2 cm³/mol. The van der Waals surface area contributed by atoms with Gasteiger partial charge >= 0.3 is 0 Å². The average Bonchev–Trinajstić information content (AvgIpc) is 2.90. The van der Waals surface area contributed by atoms with Gasteiger partial charge in [0, 0.05) is 25.8 Å². The minimum absolute atomic E-state index is 0.0254. The van der Waals surface area contributed by atoms with Crippen LogP contribution in [0.15, 0.2) is 6.20 Å². The van der Waals surface area contributed by atoms with Gasteiger partial charge in [-0.25, -0.2) is 9.97 Å².